The summed E-state index contributed by atoms with van der Waals surface area (Å²) >= 11 is 1.49. The minimum Gasteiger partial charge on any atom is -0.396 e. The van der Waals surface area contributed by atoms with Crippen LogP contribution in [0.15, 0.2) is 17.1 Å². The molecule has 0 aliphatic rings. The summed E-state index contributed by atoms with van der Waals surface area (Å²) in [6.07, 6.45) is 1.59. The lowest BCUT2D eigenvalue weighted by Crippen LogP contribution is -2.24. The van der Waals surface area contributed by atoms with E-state index < -0.39 is 0 Å². The molecule has 0 unspecified atom stereocenters. The Morgan fingerprint density at radius 1 is 1.69 bits per heavy atom. The molecule has 2 aromatic rings. The van der Waals surface area contributed by atoms with E-state index in [0.717, 1.165) is 5.69 Å². The number of carbonyl (C=O) groups is 1. The van der Waals surface area contributed by atoms with Crippen molar-refractivity contribution in [3.05, 3.63) is 28.5 Å². The SMILES string of the molecule is Cn1cc(N)c(C(=O)NCc2cscn2)n1. The summed E-state index contributed by atoms with van der Waals surface area (Å²) in [7, 11) is 1.72. The highest BCUT2D eigenvalue weighted by atomic mass is 32.1. The number of nitrogens with one attached hydrogen (secondary N) is 1. The van der Waals surface area contributed by atoms with E-state index in [1.54, 1.807) is 18.8 Å². The number of thiazole rings is 1. The Morgan fingerprint density at radius 2 is 2.50 bits per heavy atom. The highest BCUT2D eigenvalue weighted by Gasteiger charge is 2.13. The molecule has 0 saturated heterocycles. The van der Waals surface area contributed by atoms with Gasteiger partial charge in [-0.1, -0.05) is 0 Å². The maximum Gasteiger partial charge on any atom is 0.274 e. The molecule has 2 rings (SSSR count). The predicted molar refractivity (Wildman–Crippen MR) is 60.9 cm³/mol. The standard InChI is InChI=1S/C9H11N5OS/c1-14-3-7(10)8(13-14)9(15)11-2-6-4-16-5-12-6/h3-5H,2,10H2,1H3,(H,11,15). The first-order valence-electron chi connectivity index (χ1n) is 4.61. The number of carbonyl (C=O) groups excluding carboxylic acids is 1. The normalized spacial score (nSPS) is 10.3. The van der Waals surface area contributed by atoms with Gasteiger partial charge in [0.1, 0.15) is 0 Å². The van der Waals surface area contributed by atoms with E-state index >= 15 is 0 Å². The zero-order chi connectivity index (χ0) is 11.5. The molecule has 0 aliphatic heterocycles. The highest BCUT2D eigenvalue weighted by molar-refractivity contribution is 7.07. The molecule has 7 heteroatoms. The van der Waals surface area contributed by atoms with Gasteiger partial charge in [0.2, 0.25) is 0 Å². The maximum absolute atomic E-state index is 11.7. The van der Waals surface area contributed by atoms with Crippen LogP contribution in [0.1, 0.15) is 16.2 Å². The molecule has 0 atom stereocenters. The van der Waals surface area contributed by atoms with Crippen molar-refractivity contribution in [2.75, 3.05) is 5.73 Å². The molecule has 0 spiro atoms. The summed E-state index contributed by atoms with van der Waals surface area (Å²) in [6.45, 7) is 0.387. The van der Waals surface area contributed by atoms with Crippen molar-refractivity contribution < 1.29 is 4.79 Å². The molecule has 84 valence electrons. The zero-order valence-electron chi connectivity index (χ0n) is 8.67. The van der Waals surface area contributed by atoms with Crippen molar-refractivity contribution in [2.45, 2.75) is 6.54 Å². The highest BCUT2D eigenvalue weighted by Crippen LogP contribution is 2.08. The molecule has 16 heavy (non-hydrogen) atoms. The Kier molecular flexibility index (Phi) is 2.86. The van der Waals surface area contributed by atoms with E-state index in [-0.39, 0.29) is 11.6 Å². The van der Waals surface area contributed by atoms with Crippen LogP contribution in [0.4, 0.5) is 5.69 Å². The van der Waals surface area contributed by atoms with Gasteiger partial charge in [0.05, 0.1) is 23.4 Å². The first-order valence-corrected chi connectivity index (χ1v) is 5.55. The number of nitrogen functional groups attached to an aromatic ring is 1. The molecular formula is C9H11N5OS. The van der Waals surface area contributed by atoms with Crippen molar-refractivity contribution in [3.8, 4) is 0 Å². The summed E-state index contributed by atoms with van der Waals surface area (Å²) < 4.78 is 1.51. The molecule has 0 aromatic carbocycles. The number of rotatable bonds is 3. The van der Waals surface area contributed by atoms with Gasteiger partial charge in [-0.3, -0.25) is 9.48 Å². The van der Waals surface area contributed by atoms with Gasteiger partial charge in [-0.25, -0.2) is 4.98 Å². The van der Waals surface area contributed by atoms with Gasteiger partial charge in [-0.15, -0.1) is 11.3 Å². The van der Waals surface area contributed by atoms with Crippen molar-refractivity contribution in [3.63, 3.8) is 0 Å². The average Bonchev–Trinajstić information content (AvgIpc) is 2.84. The molecule has 0 aliphatic carbocycles. The van der Waals surface area contributed by atoms with Crippen LogP contribution in [0.25, 0.3) is 0 Å². The molecular weight excluding hydrogens is 226 g/mol. The molecule has 2 aromatic heterocycles. The second-order valence-corrected chi connectivity index (χ2v) is 3.99. The summed E-state index contributed by atoms with van der Waals surface area (Å²) in [5.74, 6) is -0.286. The maximum atomic E-state index is 11.7. The molecule has 6 nitrogen and oxygen atoms in total. The van der Waals surface area contributed by atoms with E-state index in [9.17, 15) is 4.79 Å². The quantitative estimate of drug-likeness (QED) is 0.808. The van der Waals surface area contributed by atoms with Gasteiger partial charge in [0, 0.05) is 18.6 Å². The fourth-order valence-corrected chi connectivity index (χ4v) is 1.82. The fourth-order valence-electron chi connectivity index (χ4n) is 1.26. The number of aromatic nitrogens is 3. The number of amides is 1. The first-order chi connectivity index (χ1) is 7.66. The number of hydrogen-bond acceptors (Lipinski definition) is 5. The summed E-state index contributed by atoms with van der Waals surface area (Å²) in [4.78, 5) is 15.7. The van der Waals surface area contributed by atoms with E-state index in [2.05, 4.69) is 15.4 Å². The number of nitrogens with zero attached hydrogens (tertiary/aromatic N) is 3. The summed E-state index contributed by atoms with van der Waals surface area (Å²) in [5.41, 5.74) is 8.80. The average molecular weight is 237 g/mol. The third-order valence-corrected chi connectivity index (χ3v) is 2.62. The Morgan fingerprint density at radius 3 is 3.06 bits per heavy atom. The van der Waals surface area contributed by atoms with Crippen molar-refractivity contribution >= 4 is 22.9 Å². The van der Waals surface area contributed by atoms with Crippen LogP contribution in [0, 0.1) is 0 Å². The van der Waals surface area contributed by atoms with Crippen LogP contribution in [0.5, 0.6) is 0 Å². The Labute approximate surface area is 96.1 Å². The largest absolute Gasteiger partial charge is 0.396 e. The minimum absolute atomic E-state index is 0.248. The number of anilines is 1. The van der Waals surface area contributed by atoms with Crippen molar-refractivity contribution in [1.29, 1.82) is 0 Å². The minimum atomic E-state index is -0.286. The molecule has 0 bridgehead atoms. The van der Waals surface area contributed by atoms with Crippen LogP contribution in [-0.2, 0) is 13.6 Å². The van der Waals surface area contributed by atoms with Crippen LogP contribution in [0.2, 0.25) is 0 Å². The van der Waals surface area contributed by atoms with Crippen LogP contribution < -0.4 is 11.1 Å². The first kappa shape index (κ1) is 10.6. The van der Waals surface area contributed by atoms with E-state index in [1.165, 1.54) is 16.0 Å². The van der Waals surface area contributed by atoms with Gasteiger partial charge in [0.25, 0.3) is 5.91 Å². The van der Waals surface area contributed by atoms with E-state index in [4.69, 9.17) is 5.73 Å². The molecule has 0 saturated carbocycles. The van der Waals surface area contributed by atoms with Crippen LogP contribution in [0.3, 0.4) is 0 Å². The number of nitrogens with two attached hydrogens (primary N) is 1. The predicted octanol–water partition coefficient (Wildman–Crippen LogP) is 0.389. The second-order valence-electron chi connectivity index (χ2n) is 3.27. The van der Waals surface area contributed by atoms with E-state index in [1.807, 2.05) is 5.38 Å². The lowest BCUT2D eigenvalue weighted by Gasteiger charge is -2.00. The van der Waals surface area contributed by atoms with Gasteiger partial charge in [-0.05, 0) is 0 Å². The lowest BCUT2D eigenvalue weighted by molar-refractivity contribution is 0.0945. The smallest absolute Gasteiger partial charge is 0.274 e. The van der Waals surface area contributed by atoms with Crippen LogP contribution >= 0.6 is 11.3 Å². The molecule has 1 amide bonds. The lowest BCUT2D eigenvalue weighted by atomic mass is 10.3. The van der Waals surface area contributed by atoms with Crippen molar-refractivity contribution in [2.24, 2.45) is 7.05 Å². The molecule has 0 radical (unpaired) electrons. The molecule has 0 fully saturated rings. The second kappa shape index (κ2) is 4.31. The molecule has 2 heterocycles. The Bertz CT molecular complexity index is 490. The third kappa shape index (κ3) is 2.19. The summed E-state index contributed by atoms with van der Waals surface area (Å²) in [5, 5.41) is 8.55. The van der Waals surface area contributed by atoms with Crippen molar-refractivity contribution in [1.82, 2.24) is 20.1 Å². The van der Waals surface area contributed by atoms with Gasteiger partial charge < -0.3 is 11.1 Å². The van der Waals surface area contributed by atoms with Gasteiger partial charge in [-0.2, -0.15) is 5.10 Å². The van der Waals surface area contributed by atoms with Crippen LogP contribution in [-0.4, -0.2) is 20.7 Å². The number of hydrogen-bond donors (Lipinski definition) is 2. The monoisotopic (exact) mass is 237 g/mol. The van der Waals surface area contributed by atoms with Gasteiger partial charge >= 0.3 is 0 Å². The van der Waals surface area contributed by atoms with E-state index in [0.29, 0.717) is 12.2 Å². The third-order valence-electron chi connectivity index (χ3n) is 1.99. The summed E-state index contributed by atoms with van der Waals surface area (Å²) in [6, 6.07) is 0. The number of aryl methyl sites for hydroxylation is 1. The fraction of sp³-hybridized carbons (Fsp3) is 0.222. The zero-order valence-corrected chi connectivity index (χ0v) is 9.49. The topological polar surface area (TPSA) is 85.8 Å². The molecule has 3 N–H and O–H groups in total. The van der Waals surface area contributed by atoms with Gasteiger partial charge in [0.15, 0.2) is 5.69 Å². The Balaban J connectivity index is 2.01. The Hall–Kier alpha value is -1.89.